The lowest BCUT2D eigenvalue weighted by Gasteiger charge is -2.21. The van der Waals surface area contributed by atoms with Crippen LogP contribution in [0.25, 0.3) is 5.57 Å². The number of hydrogen-bond acceptors (Lipinski definition) is 5. The summed E-state index contributed by atoms with van der Waals surface area (Å²) in [4.78, 5) is 31.8. The molecule has 39 heavy (non-hydrogen) atoms. The highest BCUT2D eigenvalue weighted by Crippen LogP contribution is 2.24. The van der Waals surface area contributed by atoms with Crippen LogP contribution in [0.1, 0.15) is 78.8 Å². The summed E-state index contributed by atoms with van der Waals surface area (Å²) in [5.74, 6) is -0.236. The summed E-state index contributed by atoms with van der Waals surface area (Å²) in [5, 5.41) is 5.35. The second-order valence-corrected chi connectivity index (χ2v) is 9.30. The van der Waals surface area contributed by atoms with Crippen LogP contribution in [0.3, 0.4) is 0 Å². The average Bonchev–Trinajstić information content (AvgIpc) is 3.25. The highest BCUT2D eigenvalue weighted by molar-refractivity contribution is 7.14. The molecule has 0 bridgehead atoms. The van der Waals surface area contributed by atoms with Crippen LogP contribution in [-0.4, -0.2) is 48.5 Å². The second kappa shape index (κ2) is 22.7. The van der Waals surface area contributed by atoms with Gasteiger partial charge in [-0.15, -0.1) is 24.2 Å². The van der Waals surface area contributed by atoms with Crippen molar-refractivity contribution in [3.8, 4) is 12.8 Å². The molecule has 214 valence electrons. The largest absolute Gasteiger partial charge is 0.380 e. The maximum Gasteiger partial charge on any atom is 0.245 e. The number of allylic oxidation sites excluding steroid dienone is 9. The van der Waals surface area contributed by atoms with Crippen LogP contribution >= 0.6 is 11.3 Å². The van der Waals surface area contributed by atoms with E-state index in [-0.39, 0.29) is 18.4 Å². The Morgan fingerprint density at radius 2 is 1.92 bits per heavy atom. The molecule has 2 amide bonds. The molecule has 7 heteroatoms. The van der Waals surface area contributed by atoms with Crippen LogP contribution in [0.15, 0.2) is 59.1 Å². The fraction of sp³-hybridized carbons (Fsp3) is 0.469. The van der Waals surface area contributed by atoms with E-state index < -0.39 is 0 Å². The molecular weight excluding hydrogens is 506 g/mol. The van der Waals surface area contributed by atoms with Crippen LogP contribution in [0.5, 0.6) is 0 Å². The standard InChI is InChI=1S/C28H39N3O3S.C2H6.C2H2/c1-5-12-23(20-34-4)18-24(7-3)25-21-35-28(29-25)30-26(32)19-31(17-6-2)27(33)16-15-22-13-10-8-9-11-14-22;2*1-2/h7-8,10-11,13-14,18,21H,5-6,9,12,15-17,19-20H2,1-4H3,(H,29,30,32);1-2H3;1-2H/b23-18+,24-7+;;. The first-order valence-electron chi connectivity index (χ1n) is 13.7. The van der Waals surface area contributed by atoms with Crippen LogP contribution in [0.2, 0.25) is 0 Å². The van der Waals surface area contributed by atoms with Gasteiger partial charge in [0.15, 0.2) is 5.13 Å². The Morgan fingerprint density at radius 1 is 1.18 bits per heavy atom. The molecule has 2 rings (SSSR count). The summed E-state index contributed by atoms with van der Waals surface area (Å²) >= 11 is 1.39. The third kappa shape index (κ3) is 14.5. The van der Waals surface area contributed by atoms with Crippen molar-refractivity contribution in [2.75, 3.05) is 32.1 Å². The van der Waals surface area contributed by atoms with E-state index in [1.54, 1.807) is 12.0 Å². The fourth-order valence-corrected chi connectivity index (χ4v) is 4.51. The molecule has 0 fully saturated rings. The highest BCUT2D eigenvalue weighted by atomic mass is 32.1. The highest BCUT2D eigenvalue weighted by Gasteiger charge is 2.18. The van der Waals surface area contributed by atoms with Gasteiger partial charge in [0.1, 0.15) is 0 Å². The quantitative estimate of drug-likeness (QED) is 0.190. The van der Waals surface area contributed by atoms with E-state index in [4.69, 9.17) is 4.74 Å². The first-order chi connectivity index (χ1) is 19.0. The van der Waals surface area contributed by atoms with Crippen molar-refractivity contribution < 1.29 is 14.3 Å². The number of ether oxygens (including phenoxy) is 1. The SMILES string of the molecule is C#C.C/C=C(\C=C(/CCC)COC)c1csc(NC(=O)CN(CCC)C(=O)CCC2=CC=CCC=C2)n1.CC. The molecule has 0 aromatic carbocycles. The molecule has 1 N–H and O–H groups in total. The number of carbonyl (C=O) groups is 2. The van der Waals surface area contributed by atoms with Crippen LogP contribution < -0.4 is 5.32 Å². The Kier molecular flexibility index (Phi) is 20.9. The van der Waals surface area contributed by atoms with Gasteiger partial charge >= 0.3 is 0 Å². The molecule has 0 atom stereocenters. The molecular formula is C32H47N3O3S. The zero-order valence-electron chi connectivity index (χ0n) is 24.7. The van der Waals surface area contributed by atoms with Crippen LogP contribution in [0, 0.1) is 12.8 Å². The van der Waals surface area contributed by atoms with Gasteiger partial charge in [0.05, 0.1) is 18.8 Å². The molecule has 1 aromatic rings. The number of rotatable bonds is 14. The third-order valence-electron chi connectivity index (χ3n) is 5.48. The minimum absolute atomic E-state index is 0.00714. The lowest BCUT2D eigenvalue weighted by atomic mass is 10.1. The number of terminal acetylenes is 1. The van der Waals surface area contributed by atoms with Gasteiger partial charge in [-0.05, 0) is 49.3 Å². The van der Waals surface area contributed by atoms with Crippen LogP contribution in [-0.2, 0) is 14.3 Å². The maximum atomic E-state index is 12.8. The number of nitrogens with one attached hydrogen (secondary N) is 1. The molecule has 6 nitrogen and oxygen atoms in total. The molecule has 1 aromatic heterocycles. The van der Waals surface area contributed by atoms with Crippen molar-refractivity contribution in [2.45, 2.75) is 73.1 Å². The molecule has 0 radical (unpaired) electrons. The zero-order chi connectivity index (χ0) is 29.5. The number of hydrogen-bond donors (Lipinski definition) is 1. The smallest absolute Gasteiger partial charge is 0.245 e. The van der Waals surface area contributed by atoms with Gasteiger partial charge in [-0.3, -0.25) is 9.59 Å². The summed E-state index contributed by atoms with van der Waals surface area (Å²) in [6.45, 7) is 11.3. The number of amides is 2. The number of anilines is 1. The summed E-state index contributed by atoms with van der Waals surface area (Å²) in [6.07, 6.45) is 27.2. The first kappa shape index (κ1) is 35.8. The van der Waals surface area contributed by atoms with E-state index >= 15 is 0 Å². The van der Waals surface area contributed by atoms with Crippen molar-refractivity contribution in [3.63, 3.8) is 0 Å². The monoisotopic (exact) mass is 553 g/mol. The van der Waals surface area contributed by atoms with Crippen molar-refractivity contribution in [3.05, 3.63) is 64.8 Å². The number of aromatic nitrogens is 1. The van der Waals surface area contributed by atoms with Gasteiger partial charge in [-0.2, -0.15) is 0 Å². The lowest BCUT2D eigenvalue weighted by molar-refractivity contribution is -0.134. The molecule has 1 aliphatic carbocycles. The van der Waals surface area contributed by atoms with Gasteiger partial charge in [-0.1, -0.05) is 76.6 Å². The second-order valence-electron chi connectivity index (χ2n) is 8.44. The van der Waals surface area contributed by atoms with Gasteiger partial charge in [0.2, 0.25) is 11.8 Å². The molecule has 0 aliphatic heterocycles. The summed E-state index contributed by atoms with van der Waals surface area (Å²) in [6, 6.07) is 0. The minimum Gasteiger partial charge on any atom is -0.380 e. The number of thiazole rings is 1. The van der Waals surface area contributed by atoms with Gasteiger partial charge in [-0.25, -0.2) is 4.98 Å². The van der Waals surface area contributed by atoms with Gasteiger partial charge in [0, 0.05) is 25.5 Å². The first-order valence-corrected chi connectivity index (χ1v) is 14.6. The van der Waals surface area contributed by atoms with E-state index in [0.29, 0.717) is 31.1 Å². The Hall–Kier alpha value is -3.21. The van der Waals surface area contributed by atoms with E-state index in [1.807, 2.05) is 51.3 Å². The van der Waals surface area contributed by atoms with E-state index in [2.05, 4.69) is 54.4 Å². The molecule has 1 aliphatic rings. The molecule has 0 saturated carbocycles. The van der Waals surface area contributed by atoms with E-state index in [0.717, 1.165) is 42.5 Å². The number of nitrogens with zero attached hydrogens (tertiary/aromatic N) is 2. The van der Waals surface area contributed by atoms with E-state index in [9.17, 15) is 9.59 Å². The average molecular weight is 554 g/mol. The molecule has 0 unspecified atom stereocenters. The Labute approximate surface area is 240 Å². The number of methoxy groups -OCH3 is 1. The Balaban J connectivity index is 0.00000344. The predicted octanol–water partition coefficient (Wildman–Crippen LogP) is 7.59. The topological polar surface area (TPSA) is 71.5 Å². The predicted molar refractivity (Wildman–Crippen MR) is 168 cm³/mol. The lowest BCUT2D eigenvalue weighted by Crippen LogP contribution is -2.38. The summed E-state index contributed by atoms with van der Waals surface area (Å²) in [5.41, 5.74) is 4.16. The maximum absolute atomic E-state index is 12.8. The van der Waals surface area contributed by atoms with Gasteiger partial charge < -0.3 is 15.0 Å². The van der Waals surface area contributed by atoms with Crippen molar-refractivity contribution in [2.24, 2.45) is 0 Å². The summed E-state index contributed by atoms with van der Waals surface area (Å²) in [7, 11) is 1.70. The third-order valence-corrected chi connectivity index (χ3v) is 6.23. The van der Waals surface area contributed by atoms with Crippen LogP contribution in [0.4, 0.5) is 5.13 Å². The van der Waals surface area contributed by atoms with Crippen molar-refractivity contribution in [1.29, 1.82) is 0 Å². The Morgan fingerprint density at radius 3 is 2.56 bits per heavy atom. The molecule has 0 saturated heterocycles. The summed E-state index contributed by atoms with van der Waals surface area (Å²) < 4.78 is 5.32. The molecule has 0 spiro atoms. The normalized spacial score (nSPS) is 12.8. The zero-order valence-corrected chi connectivity index (χ0v) is 25.5. The van der Waals surface area contributed by atoms with Crippen molar-refractivity contribution >= 4 is 33.9 Å². The molecule has 1 heterocycles. The Bertz CT molecular complexity index is 1020. The number of carbonyl (C=O) groups excluding carboxylic acids is 2. The van der Waals surface area contributed by atoms with E-state index in [1.165, 1.54) is 16.9 Å². The fourth-order valence-electron chi connectivity index (χ4n) is 3.78. The van der Waals surface area contributed by atoms with Gasteiger partial charge in [0.25, 0.3) is 0 Å². The van der Waals surface area contributed by atoms with Crippen molar-refractivity contribution in [1.82, 2.24) is 9.88 Å². The minimum atomic E-state index is -0.229.